The van der Waals surface area contributed by atoms with Crippen LogP contribution in [-0.2, 0) is 0 Å². The van der Waals surface area contributed by atoms with Crippen LogP contribution in [0.1, 0.15) is 6.92 Å². The maximum atomic E-state index is 3.86. The second kappa shape index (κ2) is 5.48. The molecule has 0 heteroatoms. The quantitative estimate of drug-likeness (QED) is 0.533. The van der Waals surface area contributed by atoms with Crippen molar-refractivity contribution in [2.24, 2.45) is 0 Å². The average molecular weight is 146 g/mol. The topological polar surface area (TPSA) is 0 Å². The van der Waals surface area contributed by atoms with Crippen LogP contribution in [0.3, 0.4) is 0 Å². The first-order chi connectivity index (χ1) is 5.26. The van der Waals surface area contributed by atoms with Gasteiger partial charge in [-0.25, -0.2) is 0 Å². The van der Waals surface area contributed by atoms with Crippen molar-refractivity contribution in [3.05, 3.63) is 61.3 Å². The van der Waals surface area contributed by atoms with Crippen LogP contribution in [0.5, 0.6) is 0 Å². The maximum absolute atomic E-state index is 3.86. The molecule has 0 atom stereocenters. The Morgan fingerprint density at radius 3 is 2.27 bits per heavy atom. The summed E-state index contributed by atoms with van der Waals surface area (Å²) in [6.07, 6.45) is 9.27. The molecule has 0 N–H and O–H groups in total. The highest BCUT2D eigenvalue weighted by Crippen LogP contribution is 2.09. The SMILES string of the molecule is C=C/C=C(/C=C)C(=C)/C=C\C. The second-order valence-corrected chi connectivity index (χ2v) is 2.09. The highest BCUT2D eigenvalue weighted by Gasteiger charge is 1.90. The minimum atomic E-state index is 0.961. The third-order valence-electron chi connectivity index (χ3n) is 1.26. The van der Waals surface area contributed by atoms with E-state index >= 15 is 0 Å². The van der Waals surface area contributed by atoms with Crippen molar-refractivity contribution in [1.82, 2.24) is 0 Å². The lowest BCUT2D eigenvalue weighted by molar-refractivity contribution is 1.56. The van der Waals surface area contributed by atoms with Crippen molar-refractivity contribution in [3.8, 4) is 0 Å². The van der Waals surface area contributed by atoms with Gasteiger partial charge in [0.05, 0.1) is 0 Å². The zero-order valence-electron chi connectivity index (χ0n) is 7.01. The maximum Gasteiger partial charge on any atom is -0.0196 e. The van der Waals surface area contributed by atoms with Gasteiger partial charge in [0.15, 0.2) is 0 Å². The van der Waals surface area contributed by atoms with Gasteiger partial charge in [0.1, 0.15) is 0 Å². The number of hydrogen-bond acceptors (Lipinski definition) is 0. The zero-order chi connectivity index (χ0) is 8.69. The van der Waals surface area contributed by atoms with E-state index in [2.05, 4.69) is 19.7 Å². The highest BCUT2D eigenvalue weighted by molar-refractivity contribution is 5.45. The van der Waals surface area contributed by atoms with Crippen molar-refractivity contribution in [2.45, 2.75) is 6.92 Å². The van der Waals surface area contributed by atoms with Gasteiger partial charge in [-0.05, 0) is 18.1 Å². The molecule has 0 amide bonds. The first-order valence-corrected chi connectivity index (χ1v) is 3.53. The molecule has 0 saturated heterocycles. The Kier molecular flexibility index (Phi) is 4.83. The molecule has 0 bridgehead atoms. The zero-order valence-corrected chi connectivity index (χ0v) is 7.01. The minimum absolute atomic E-state index is 0.961. The van der Waals surface area contributed by atoms with E-state index in [1.165, 1.54) is 0 Å². The van der Waals surface area contributed by atoms with Crippen molar-refractivity contribution >= 4 is 0 Å². The number of hydrogen-bond donors (Lipinski definition) is 0. The summed E-state index contributed by atoms with van der Waals surface area (Å²) in [5.41, 5.74) is 1.97. The van der Waals surface area contributed by atoms with Gasteiger partial charge in [0, 0.05) is 0 Å². The molecule has 0 saturated carbocycles. The molecule has 11 heavy (non-hydrogen) atoms. The van der Waals surface area contributed by atoms with Crippen LogP contribution in [-0.4, -0.2) is 0 Å². The molecular formula is C11H14. The van der Waals surface area contributed by atoms with Gasteiger partial charge >= 0.3 is 0 Å². The summed E-state index contributed by atoms with van der Waals surface area (Å²) < 4.78 is 0. The Morgan fingerprint density at radius 2 is 1.91 bits per heavy atom. The molecular weight excluding hydrogens is 132 g/mol. The predicted molar refractivity (Wildman–Crippen MR) is 52.4 cm³/mol. The summed E-state index contributed by atoms with van der Waals surface area (Å²) in [5, 5.41) is 0. The fraction of sp³-hybridized carbons (Fsp3) is 0.0909. The van der Waals surface area contributed by atoms with Gasteiger partial charge < -0.3 is 0 Å². The molecule has 0 spiro atoms. The summed E-state index contributed by atoms with van der Waals surface area (Å²) >= 11 is 0. The fourth-order valence-corrected chi connectivity index (χ4v) is 0.731. The molecule has 0 unspecified atom stereocenters. The molecule has 0 aliphatic carbocycles. The Labute approximate surface area is 68.9 Å². The molecule has 0 radical (unpaired) electrons. The van der Waals surface area contributed by atoms with E-state index in [1.807, 2.05) is 25.2 Å². The van der Waals surface area contributed by atoms with E-state index in [-0.39, 0.29) is 0 Å². The van der Waals surface area contributed by atoms with Gasteiger partial charge in [0.2, 0.25) is 0 Å². The van der Waals surface area contributed by atoms with Gasteiger partial charge in [-0.1, -0.05) is 50.1 Å². The van der Waals surface area contributed by atoms with Crippen LogP contribution in [0.25, 0.3) is 0 Å². The smallest absolute Gasteiger partial charge is 0.0196 e. The molecule has 0 aliphatic heterocycles. The number of rotatable bonds is 4. The van der Waals surface area contributed by atoms with Crippen LogP contribution < -0.4 is 0 Å². The normalized spacial score (nSPS) is 11.5. The van der Waals surface area contributed by atoms with Gasteiger partial charge in [0.25, 0.3) is 0 Å². The molecule has 0 fully saturated rings. The highest BCUT2D eigenvalue weighted by atomic mass is 13.9. The molecule has 0 aromatic rings. The molecule has 0 nitrogen and oxygen atoms in total. The summed E-state index contributed by atoms with van der Waals surface area (Å²) in [7, 11) is 0. The number of allylic oxidation sites excluding steroid dienone is 7. The van der Waals surface area contributed by atoms with E-state index in [9.17, 15) is 0 Å². The summed E-state index contributed by atoms with van der Waals surface area (Å²) in [6, 6.07) is 0. The first kappa shape index (κ1) is 9.70. The van der Waals surface area contributed by atoms with Gasteiger partial charge in [-0.2, -0.15) is 0 Å². The van der Waals surface area contributed by atoms with Crippen molar-refractivity contribution in [1.29, 1.82) is 0 Å². The summed E-state index contributed by atoms with van der Waals surface area (Å²) in [4.78, 5) is 0. The third kappa shape index (κ3) is 3.41. The molecule has 0 rings (SSSR count). The molecule has 0 aromatic carbocycles. The van der Waals surface area contributed by atoms with Crippen LogP contribution in [0.15, 0.2) is 61.3 Å². The Hall–Kier alpha value is -1.30. The summed E-state index contributed by atoms with van der Waals surface area (Å²) in [6.45, 7) is 13.1. The monoisotopic (exact) mass is 146 g/mol. The minimum Gasteiger partial charge on any atom is -0.0990 e. The summed E-state index contributed by atoms with van der Waals surface area (Å²) in [5.74, 6) is 0. The van der Waals surface area contributed by atoms with E-state index in [1.54, 1.807) is 12.2 Å². The first-order valence-electron chi connectivity index (χ1n) is 3.53. The standard InChI is InChI=1S/C11H14/c1-5-8-10(4)11(7-3)9-6-2/h5-9H,2-4H2,1H3/b8-5-,11-9-. The van der Waals surface area contributed by atoms with E-state index in [0.717, 1.165) is 11.1 Å². The van der Waals surface area contributed by atoms with Crippen LogP contribution in [0, 0.1) is 0 Å². The van der Waals surface area contributed by atoms with Gasteiger partial charge in [-0.15, -0.1) is 0 Å². The van der Waals surface area contributed by atoms with E-state index in [0.29, 0.717) is 0 Å². The largest absolute Gasteiger partial charge is 0.0990 e. The van der Waals surface area contributed by atoms with Crippen molar-refractivity contribution in [3.63, 3.8) is 0 Å². The van der Waals surface area contributed by atoms with Crippen LogP contribution in [0.4, 0.5) is 0 Å². The second-order valence-electron chi connectivity index (χ2n) is 2.09. The fourth-order valence-electron chi connectivity index (χ4n) is 0.731. The van der Waals surface area contributed by atoms with Gasteiger partial charge in [-0.3, -0.25) is 0 Å². The van der Waals surface area contributed by atoms with Crippen LogP contribution in [0.2, 0.25) is 0 Å². The Balaban J connectivity index is 4.51. The molecule has 0 heterocycles. The lowest BCUT2D eigenvalue weighted by Crippen LogP contribution is -1.78. The third-order valence-corrected chi connectivity index (χ3v) is 1.26. The van der Waals surface area contributed by atoms with Crippen molar-refractivity contribution in [2.75, 3.05) is 0 Å². The molecule has 58 valence electrons. The van der Waals surface area contributed by atoms with E-state index < -0.39 is 0 Å². The van der Waals surface area contributed by atoms with Crippen LogP contribution >= 0.6 is 0 Å². The molecule has 0 aliphatic rings. The van der Waals surface area contributed by atoms with E-state index in [4.69, 9.17) is 0 Å². The van der Waals surface area contributed by atoms with Crippen molar-refractivity contribution < 1.29 is 0 Å². The Bertz CT molecular complexity index is 214. The average Bonchev–Trinajstić information content (AvgIpc) is 2.00. The lowest BCUT2D eigenvalue weighted by atomic mass is 10.1. The molecule has 0 aromatic heterocycles. The lowest BCUT2D eigenvalue weighted by Gasteiger charge is -1.97. The predicted octanol–water partition coefficient (Wildman–Crippen LogP) is 3.42. The Morgan fingerprint density at radius 1 is 1.27 bits per heavy atom.